The molecule has 1 saturated heterocycles. The molecule has 1 fully saturated rings. The summed E-state index contributed by atoms with van der Waals surface area (Å²) in [5, 5.41) is 4.21. The summed E-state index contributed by atoms with van der Waals surface area (Å²) in [7, 11) is 1.83. The van der Waals surface area contributed by atoms with Crippen molar-refractivity contribution in [3.05, 3.63) is 84.6 Å². The third kappa shape index (κ3) is 5.02. The van der Waals surface area contributed by atoms with Crippen LogP contribution in [0.25, 0.3) is 28.1 Å². The number of carbonyl (C=O) groups excluding carboxylic acids is 2. The van der Waals surface area contributed by atoms with Gasteiger partial charge in [0.1, 0.15) is 0 Å². The summed E-state index contributed by atoms with van der Waals surface area (Å²) in [6.45, 7) is 1.92. The molecule has 5 rings (SSSR count). The highest BCUT2D eigenvalue weighted by Gasteiger charge is 2.21. The molecule has 0 radical (unpaired) electrons. The van der Waals surface area contributed by atoms with Crippen molar-refractivity contribution < 1.29 is 9.59 Å². The third-order valence-corrected chi connectivity index (χ3v) is 6.19. The number of primary amides is 1. The number of likely N-dealkylation sites (N-methyl/N-ethyl adjacent to an activating group) is 1. The Morgan fingerprint density at radius 2 is 1.86 bits per heavy atom. The maximum Gasteiger partial charge on any atom is 0.241 e. The fraction of sp³-hybridized carbons (Fsp3) is 0.143. The van der Waals surface area contributed by atoms with Crippen molar-refractivity contribution in [1.29, 1.82) is 0 Å². The lowest BCUT2D eigenvalue weighted by Crippen LogP contribution is -2.48. The number of aromatic nitrogens is 2. The lowest BCUT2D eigenvalue weighted by molar-refractivity contribution is -0.129. The first-order chi connectivity index (χ1) is 17.5. The van der Waals surface area contributed by atoms with Crippen LogP contribution < -0.4 is 16.0 Å². The average Bonchev–Trinajstić information content (AvgIpc) is 2.89. The fourth-order valence-electron chi connectivity index (χ4n) is 4.20. The lowest BCUT2D eigenvalue weighted by Gasteiger charge is -2.33. The van der Waals surface area contributed by atoms with Gasteiger partial charge in [-0.15, -0.1) is 0 Å². The Balaban J connectivity index is 1.39. The van der Waals surface area contributed by atoms with Gasteiger partial charge >= 0.3 is 0 Å². The van der Waals surface area contributed by atoms with E-state index in [1.165, 1.54) is 6.08 Å². The van der Waals surface area contributed by atoms with Crippen LogP contribution in [0.4, 0.5) is 17.3 Å². The molecular weight excluding hydrogens is 452 g/mol. The zero-order valence-electron chi connectivity index (χ0n) is 19.9. The number of benzene rings is 3. The fourth-order valence-corrected chi connectivity index (χ4v) is 4.20. The maximum absolute atomic E-state index is 12.0. The number of hydrogen-bond donors (Lipinski definition) is 2. The molecule has 0 spiro atoms. The number of nitrogens with one attached hydrogen (secondary N) is 1. The highest BCUT2D eigenvalue weighted by molar-refractivity contribution is 5.95. The predicted molar refractivity (Wildman–Crippen MR) is 143 cm³/mol. The standard InChI is InChI=1S/C28H26N6O2/c1-33-14-15-34(18-26(33)36)23-11-9-22(10-12-23)31-28-30-17-21-6-3-7-24(27(21)32-28)20-5-2-4-19(16-20)8-13-25(29)35/h2-13,16-17H,14-15,18H2,1H3,(H2,29,35)(H,30,31,32). The summed E-state index contributed by atoms with van der Waals surface area (Å²) in [4.78, 5) is 36.3. The molecule has 1 aromatic heterocycles. The van der Waals surface area contributed by atoms with Crippen molar-refractivity contribution in [2.24, 2.45) is 5.73 Å². The van der Waals surface area contributed by atoms with Crippen LogP contribution in [0.3, 0.4) is 0 Å². The van der Waals surface area contributed by atoms with Crippen molar-refractivity contribution in [2.45, 2.75) is 0 Å². The van der Waals surface area contributed by atoms with Gasteiger partial charge in [0.15, 0.2) is 0 Å². The van der Waals surface area contributed by atoms with E-state index in [-0.39, 0.29) is 5.91 Å². The highest BCUT2D eigenvalue weighted by Crippen LogP contribution is 2.29. The average molecular weight is 479 g/mol. The van der Waals surface area contributed by atoms with Crippen LogP contribution in [0.5, 0.6) is 0 Å². The number of nitrogens with zero attached hydrogens (tertiary/aromatic N) is 4. The van der Waals surface area contributed by atoms with Gasteiger partial charge in [-0.05, 0) is 47.5 Å². The second kappa shape index (κ2) is 9.87. The zero-order chi connectivity index (χ0) is 25.1. The summed E-state index contributed by atoms with van der Waals surface area (Å²) in [5.41, 5.74) is 10.7. The molecule has 0 atom stereocenters. The Morgan fingerprint density at radius 1 is 1.06 bits per heavy atom. The lowest BCUT2D eigenvalue weighted by atomic mass is 10.0. The van der Waals surface area contributed by atoms with E-state index in [4.69, 9.17) is 10.7 Å². The molecule has 0 bridgehead atoms. The Kier molecular flexibility index (Phi) is 6.32. The predicted octanol–water partition coefficient (Wildman–Crippen LogP) is 3.82. The molecule has 8 heteroatoms. The number of para-hydroxylation sites is 1. The van der Waals surface area contributed by atoms with Gasteiger partial charge in [0.05, 0.1) is 12.1 Å². The van der Waals surface area contributed by atoms with Gasteiger partial charge in [-0.3, -0.25) is 9.59 Å². The maximum atomic E-state index is 12.0. The number of carbonyl (C=O) groups is 2. The molecule has 36 heavy (non-hydrogen) atoms. The smallest absolute Gasteiger partial charge is 0.241 e. The van der Waals surface area contributed by atoms with Crippen molar-refractivity contribution >= 4 is 46.1 Å². The van der Waals surface area contributed by atoms with Crippen LogP contribution in [0.15, 0.2) is 79.0 Å². The molecule has 2 amide bonds. The quantitative estimate of drug-likeness (QED) is 0.408. The van der Waals surface area contributed by atoms with E-state index >= 15 is 0 Å². The normalized spacial score (nSPS) is 14.0. The number of rotatable bonds is 6. The molecule has 1 aliphatic rings. The van der Waals surface area contributed by atoms with Gasteiger partial charge in [-0.2, -0.15) is 0 Å². The van der Waals surface area contributed by atoms with Crippen molar-refractivity contribution in [2.75, 3.05) is 36.9 Å². The second-order valence-electron chi connectivity index (χ2n) is 8.71. The zero-order valence-corrected chi connectivity index (χ0v) is 19.9. The van der Waals surface area contributed by atoms with Gasteiger partial charge < -0.3 is 20.9 Å². The Labute approximate surface area is 209 Å². The molecule has 180 valence electrons. The van der Waals surface area contributed by atoms with Gasteiger partial charge in [0, 0.05) is 54.7 Å². The molecule has 1 aliphatic heterocycles. The Bertz CT molecular complexity index is 1460. The second-order valence-corrected chi connectivity index (χ2v) is 8.71. The van der Waals surface area contributed by atoms with Crippen LogP contribution in [0.2, 0.25) is 0 Å². The summed E-state index contributed by atoms with van der Waals surface area (Å²) in [6, 6.07) is 21.7. The van der Waals surface area contributed by atoms with Crippen LogP contribution in [-0.4, -0.2) is 53.4 Å². The minimum Gasteiger partial charge on any atom is -0.366 e. The molecule has 3 N–H and O–H groups in total. The first kappa shape index (κ1) is 23.0. The minimum absolute atomic E-state index is 0.123. The number of anilines is 3. The van der Waals surface area contributed by atoms with Crippen LogP contribution in [0, 0.1) is 0 Å². The van der Waals surface area contributed by atoms with E-state index in [0.717, 1.165) is 52.1 Å². The number of piperazine rings is 1. The molecule has 0 saturated carbocycles. The van der Waals surface area contributed by atoms with E-state index in [9.17, 15) is 9.59 Å². The van der Waals surface area contributed by atoms with E-state index in [1.807, 2.05) is 73.8 Å². The number of nitrogens with two attached hydrogens (primary N) is 1. The topological polar surface area (TPSA) is 104 Å². The monoisotopic (exact) mass is 478 g/mol. The van der Waals surface area contributed by atoms with E-state index in [1.54, 1.807) is 17.2 Å². The highest BCUT2D eigenvalue weighted by atomic mass is 16.2. The van der Waals surface area contributed by atoms with E-state index in [0.29, 0.717) is 12.5 Å². The molecule has 0 aliphatic carbocycles. The van der Waals surface area contributed by atoms with Crippen LogP contribution in [-0.2, 0) is 9.59 Å². The largest absolute Gasteiger partial charge is 0.366 e. The summed E-state index contributed by atoms with van der Waals surface area (Å²) < 4.78 is 0. The molecule has 2 heterocycles. The van der Waals surface area contributed by atoms with E-state index in [2.05, 4.69) is 15.2 Å². The van der Waals surface area contributed by atoms with Gasteiger partial charge in [0.2, 0.25) is 17.8 Å². The van der Waals surface area contributed by atoms with Crippen LogP contribution >= 0.6 is 0 Å². The number of fused-ring (bicyclic) bond motifs is 1. The first-order valence-electron chi connectivity index (χ1n) is 11.7. The molecule has 3 aromatic carbocycles. The molecule has 4 aromatic rings. The molecule has 8 nitrogen and oxygen atoms in total. The molecular formula is C28H26N6O2. The van der Waals surface area contributed by atoms with Gasteiger partial charge in [-0.1, -0.05) is 36.4 Å². The summed E-state index contributed by atoms with van der Waals surface area (Å²) in [5.74, 6) is 0.125. The SMILES string of the molecule is CN1CCN(c2ccc(Nc3ncc4cccc(-c5cccc(C=CC(N)=O)c5)c4n3)cc2)CC1=O. The minimum atomic E-state index is -0.487. The molecule has 0 unspecified atom stereocenters. The van der Waals surface area contributed by atoms with Crippen molar-refractivity contribution in [1.82, 2.24) is 14.9 Å². The third-order valence-electron chi connectivity index (χ3n) is 6.19. The number of amides is 2. The summed E-state index contributed by atoms with van der Waals surface area (Å²) in [6.07, 6.45) is 4.84. The number of hydrogen-bond acceptors (Lipinski definition) is 6. The Hall–Kier alpha value is -4.72. The summed E-state index contributed by atoms with van der Waals surface area (Å²) >= 11 is 0. The van der Waals surface area contributed by atoms with Gasteiger partial charge in [-0.25, -0.2) is 9.97 Å². The van der Waals surface area contributed by atoms with Crippen LogP contribution in [0.1, 0.15) is 5.56 Å². The van der Waals surface area contributed by atoms with Gasteiger partial charge in [0.25, 0.3) is 0 Å². The Morgan fingerprint density at radius 3 is 2.64 bits per heavy atom. The van der Waals surface area contributed by atoms with E-state index < -0.39 is 5.91 Å². The van der Waals surface area contributed by atoms with Crippen molar-refractivity contribution in [3.63, 3.8) is 0 Å². The first-order valence-corrected chi connectivity index (χ1v) is 11.7. The van der Waals surface area contributed by atoms with Crippen molar-refractivity contribution in [3.8, 4) is 11.1 Å².